The maximum Gasteiger partial charge on any atom is 0.224 e. The highest BCUT2D eigenvalue weighted by Crippen LogP contribution is 2.19. The first-order valence-corrected chi connectivity index (χ1v) is 5.36. The molecule has 0 aliphatic rings. The van der Waals surface area contributed by atoms with E-state index in [2.05, 4.69) is 5.32 Å². The highest BCUT2D eigenvalue weighted by molar-refractivity contribution is 5.78. The molecule has 3 N–H and O–H groups in total. The lowest BCUT2D eigenvalue weighted by Gasteiger charge is -2.13. The molecule has 4 nitrogen and oxygen atoms in total. The molecular weight excluding hydrogens is 223 g/mol. The van der Waals surface area contributed by atoms with Crippen molar-refractivity contribution in [1.29, 1.82) is 0 Å². The number of benzene rings is 1. The molecule has 0 saturated carbocycles. The number of hydrogen-bond acceptors (Lipinski definition) is 3. The third-order valence-corrected chi connectivity index (χ3v) is 2.60. The molecule has 0 aromatic heterocycles. The van der Waals surface area contributed by atoms with Crippen molar-refractivity contribution < 1.29 is 13.9 Å². The van der Waals surface area contributed by atoms with Crippen LogP contribution in [0.2, 0.25) is 0 Å². The molecule has 1 amide bonds. The van der Waals surface area contributed by atoms with Crippen LogP contribution in [-0.4, -0.2) is 26.6 Å². The summed E-state index contributed by atoms with van der Waals surface area (Å²) in [6.45, 7) is 0.229. The highest BCUT2D eigenvalue weighted by atomic mass is 19.1. The van der Waals surface area contributed by atoms with Crippen molar-refractivity contribution in [3.05, 3.63) is 29.6 Å². The molecule has 0 saturated heterocycles. The van der Waals surface area contributed by atoms with Crippen LogP contribution in [0.25, 0.3) is 0 Å². The summed E-state index contributed by atoms with van der Waals surface area (Å²) in [6, 6.07) is 4.64. The van der Waals surface area contributed by atoms with Crippen LogP contribution >= 0.6 is 0 Å². The zero-order chi connectivity index (χ0) is 12.8. The lowest BCUT2D eigenvalue weighted by atomic mass is 9.98. The largest absolute Gasteiger partial charge is 0.494 e. The number of ether oxygens (including phenoxy) is 1. The first-order valence-electron chi connectivity index (χ1n) is 5.36. The fourth-order valence-corrected chi connectivity index (χ4v) is 1.61. The summed E-state index contributed by atoms with van der Waals surface area (Å²) in [5.74, 6) is -0.716. The molecule has 0 bridgehead atoms. The zero-order valence-electron chi connectivity index (χ0n) is 10.00. The van der Waals surface area contributed by atoms with E-state index in [-0.39, 0.29) is 24.1 Å². The third kappa shape index (κ3) is 3.42. The van der Waals surface area contributed by atoms with Crippen molar-refractivity contribution in [3.8, 4) is 5.75 Å². The summed E-state index contributed by atoms with van der Waals surface area (Å²) in [7, 11) is 2.96. The Balaban J connectivity index is 2.80. The maximum atomic E-state index is 13.4. The van der Waals surface area contributed by atoms with E-state index in [4.69, 9.17) is 10.5 Å². The molecule has 1 aromatic rings. The fraction of sp³-hybridized carbons (Fsp3) is 0.417. The highest BCUT2D eigenvalue weighted by Gasteiger charge is 2.16. The van der Waals surface area contributed by atoms with Gasteiger partial charge in [0.25, 0.3) is 0 Å². The van der Waals surface area contributed by atoms with Gasteiger partial charge in [-0.2, -0.15) is 0 Å². The summed E-state index contributed by atoms with van der Waals surface area (Å²) >= 11 is 0. The fourth-order valence-electron chi connectivity index (χ4n) is 1.61. The molecule has 94 valence electrons. The van der Waals surface area contributed by atoms with E-state index in [0.29, 0.717) is 6.42 Å². The Morgan fingerprint density at radius 2 is 2.29 bits per heavy atom. The van der Waals surface area contributed by atoms with Crippen molar-refractivity contribution in [3.63, 3.8) is 0 Å². The van der Waals surface area contributed by atoms with Crippen LogP contribution < -0.4 is 15.8 Å². The Hall–Kier alpha value is -1.62. The van der Waals surface area contributed by atoms with Gasteiger partial charge < -0.3 is 15.8 Å². The Bertz CT molecular complexity index is 396. The summed E-state index contributed by atoms with van der Waals surface area (Å²) in [5.41, 5.74) is 6.24. The topological polar surface area (TPSA) is 64.4 Å². The first-order chi connectivity index (χ1) is 8.12. The van der Waals surface area contributed by atoms with Crippen molar-refractivity contribution in [2.24, 2.45) is 11.7 Å². The van der Waals surface area contributed by atoms with E-state index in [1.165, 1.54) is 13.2 Å². The maximum absolute atomic E-state index is 13.4. The van der Waals surface area contributed by atoms with Crippen LogP contribution in [0.15, 0.2) is 18.2 Å². The molecule has 5 heteroatoms. The van der Waals surface area contributed by atoms with Gasteiger partial charge >= 0.3 is 0 Å². The van der Waals surface area contributed by atoms with E-state index in [0.717, 1.165) is 5.56 Å². The number of rotatable bonds is 5. The minimum Gasteiger partial charge on any atom is -0.494 e. The Morgan fingerprint density at radius 1 is 1.59 bits per heavy atom. The number of amides is 1. The van der Waals surface area contributed by atoms with Gasteiger partial charge in [0.15, 0.2) is 11.6 Å². The molecule has 0 aliphatic carbocycles. The Labute approximate surface area is 100.0 Å². The number of nitrogens with one attached hydrogen (secondary N) is 1. The van der Waals surface area contributed by atoms with Gasteiger partial charge in [-0.1, -0.05) is 6.07 Å². The summed E-state index contributed by atoms with van der Waals surface area (Å²) < 4.78 is 18.3. The third-order valence-electron chi connectivity index (χ3n) is 2.60. The summed E-state index contributed by atoms with van der Waals surface area (Å²) in [4.78, 5) is 11.4. The molecule has 0 spiro atoms. The number of halogens is 1. The first kappa shape index (κ1) is 13.4. The van der Waals surface area contributed by atoms with Crippen molar-refractivity contribution in [1.82, 2.24) is 5.32 Å². The predicted octanol–water partition coefficient (Wildman–Crippen LogP) is 0.698. The Kier molecular flexibility index (Phi) is 4.90. The van der Waals surface area contributed by atoms with Crippen LogP contribution in [0, 0.1) is 11.7 Å². The molecule has 1 aromatic carbocycles. The van der Waals surface area contributed by atoms with Crippen LogP contribution in [0.3, 0.4) is 0 Å². The molecule has 1 rings (SSSR count). The molecule has 0 unspecified atom stereocenters. The second-order valence-electron chi connectivity index (χ2n) is 3.72. The Morgan fingerprint density at radius 3 is 2.76 bits per heavy atom. The summed E-state index contributed by atoms with van der Waals surface area (Å²) in [5, 5.41) is 2.54. The van der Waals surface area contributed by atoms with Gasteiger partial charge in [-0.15, -0.1) is 0 Å². The molecule has 17 heavy (non-hydrogen) atoms. The van der Waals surface area contributed by atoms with Gasteiger partial charge in [0.05, 0.1) is 13.0 Å². The summed E-state index contributed by atoms with van der Waals surface area (Å²) in [6.07, 6.45) is 0.414. The second-order valence-corrected chi connectivity index (χ2v) is 3.72. The molecular formula is C12H17FN2O2. The van der Waals surface area contributed by atoms with Gasteiger partial charge in [-0.25, -0.2) is 4.39 Å². The van der Waals surface area contributed by atoms with Crippen LogP contribution in [0.5, 0.6) is 5.75 Å². The van der Waals surface area contributed by atoms with Gasteiger partial charge in [0.2, 0.25) is 5.91 Å². The van der Waals surface area contributed by atoms with E-state index >= 15 is 0 Å². The van der Waals surface area contributed by atoms with Crippen molar-refractivity contribution >= 4 is 5.91 Å². The van der Waals surface area contributed by atoms with Gasteiger partial charge in [-0.3, -0.25) is 4.79 Å². The lowest BCUT2D eigenvalue weighted by Crippen LogP contribution is -2.34. The predicted molar refractivity (Wildman–Crippen MR) is 63.3 cm³/mol. The van der Waals surface area contributed by atoms with Crippen molar-refractivity contribution in [2.75, 3.05) is 20.7 Å². The number of carbonyl (C=O) groups excluding carboxylic acids is 1. The minimum atomic E-state index is -0.433. The van der Waals surface area contributed by atoms with Crippen LogP contribution in [0.1, 0.15) is 5.56 Å². The van der Waals surface area contributed by atoms with E-state index < -0.39 is 5.82 Å². The van der Waals surface area contributed by atoms with E-state index in [1.807, 2.05) is 0 Å². The van der Waals surface area contributed by atoms with Gasteiger partial charge in [0.1, 0.15) is 0 Å². The average Bonchev–Trinajstić information content (AvgIpc) is 2.35. The normalized spacial score (nSPS) is 12.0. The number of methoxy groups -OCH3 is 1. The van der Waals surface area contributed by atoms with Gasteiger partial charge in [0, 0.05) is 13.6 Å². The SMILES string of the molecule is CNC(=O)[C@@H](CN)Cc1ccc(OC)c(F)c1. The van der Waals surface area contributed by atoms with E-state index in [1.54, 1.807) is 19.2 Å². The second kappa shape index (κ2) is 6.20. The quantitative estimate of drug-likeness (QED) is 0.796. The van der Waals surface area contributed by atoms with E-state index in [9.17, 15) is 9.18 Å². The number of nitrogens with two attached hydrogens (primary N) is 1. The molecule has 0 aliphatic heterocycles. The molecule has 1 atom stereocenters. The monoisotopic (exact) mass is 240 g/mol. The zero-order valence-corrected chi connectivity index (χ0v) is 10.00. The molecule has 0 heterocycles. The standard InChI is InChI=1S/C12H17FN2O2/c1-15-12(16)9(7-14)5-8-3-4-11(17-2)10(13)6-8/h3-4,6,9H,5,7,14H2,1-2H3,(H,15,16)/t9-/m1/s1. The molecule has 0 radical (unpaired) electrons. The average molecular weight is 240 g/mol. The molecule has 0 fully saturated rings. The van der Waals surface area contributed by atoms with Gasteiger partial charge in [-0.05, 0) is 24.1 Å². The minimum absolute atomic E-state index is 0.135. The number of hydrogen-bond donors (Lipinski definition) is 2. The lowest BCUT2D eigenvalue weighted by molar-refractivity contribution is -0.124. The van der Waals surface area contributed by atoms with Crippen LogP contribution in [-0.2, 0) is 11.2 Å². The van der Waals surface area contributed by atoms with Crippen LogP contribution in [0.4, 0.5) is 4.39 Å². The van der Waals surface area contributed by atoms with Crippen molar-refractivity contribution in [2.45, 2.75) is 6.42 Å². The smallest absolute Gasteiger partial charge is 0.224 e. The number of carbonyl (C=O) groups is 1.